The predicted molar refractivity (Wildman–Crippen MR) is 88.9 cm³/mol. The van der Waals surface area contributed by atoms with Crippen LogP contribution in [0, 0.1) is 6.92 Å². The van der Waals surface area contributed by atoms with Crippen molar-refractivity contribution < 1.29 is 14.1 Å². The molecule has 4 rings (SSSR count). The molecule has 0 saturated carbocycles. The summed E-state index contributed by atoms with van der Waals surface area (Å²) in [5.41, 5.74) is 1.21. The molecular weight excluding hydrogens is 326 g/mol. The molecule has 3 atom stereocenters. The van der Waals surface area contributed by atoms with Crippen LogP contribution in [0.3, 0.4) is 0 Å². The van der Waals surface area contributed by atoms with E-state index in [1.54, 1.807) is 25.4 Å². The molecule has 0 bridgehead atoms. The number of carbonyl (C=O) groups is 1. The maximum absolute atomic E-state index is 13.3. The van der Waals surface area contributed by atoms with Crippen LogP contribution < -0.4 is 0 Å². The minimum Gasteiger partial charge on any atom is -0.380 e. The summed E-state index contributed by atoms with van der Waals surface area (Å²) in [5.74, 6) is 1.22. The summed E-state index contributed by atoms with van der Waals surface area (Å²) in [7, 11) is 1.69. The molecule has 2 aromatic rings. The highest BCUT2D eigenvalue weighted by Gasteiger charge is 2.42. The number of fused-ring (bicyclic) bond motifs is 1. The molecule has 128 valence electrons. The van der Waals surface area contributed by atoms with Gasteiger partial charge in [0.25, 0.3) is 0 Å². The van der Waals surface area contributed by atoms with Gasteiger partial charge in [-0.2, -0.15) is 4.98 Å². The first kappa shape index (κ1) is 15.8. The van der Waals surface area contributed by atoms with E-state index in [1.165, 1.54) is 10.4 Å². The minimum absolute atomic E-state index is 0.0108. The molecular formula is C17H21N3O3S. The first-order valence-corrected chi connectivity index (χ1v) is 9.25. The lowest BCUT2D eigenvalue weighted by Crippen LogP contribution is -2.37. The fourth-order valence-electron chi connectivity index (χ4n) is 3.84. The molecule has 0 radical (unpaired) electrons. The van der Waals surface area contributed by atoms with Gasteiger partial charge in [-0.3, -0.25) is 4.79 Å². The van der Waals surface area contributed by atoms with Crippen LogP contribution in [0.1, 0.15) is 53.4 Å². The molecule has 2 aromatic heterocycles. The van der Waals surface area contributed by atoms with E-state index in [-0.39, 0.29) is 24.0 Å². The third-order valence-electron chi connectivity index (χ3n) is 5.06. The van der Waals surface area contributed by atoms with Crippen molar-refractivity contribution in [1.29, 1.82) is 0 Å². The zero-order valence-electron chi connectivity index (χ0n) is 13.9. The van der Waals surface area contributed by atoms with Gasteiger partial charge in [-0.25, -0.2) is 0 Å². The number of carbonyl (C=O) groups excluding carboxylic acids is 1. The van der Waals surface area contributed by atoms with Crippen LogP contribution in [0.15, 0.2) is 16.0 Å². The third kappa shape index (κ3) is 2.65. The van der Waals surface area contributed by atoms with Crippen LogP contribution in [0.5, 0.6) is 0 Å². The summed E-state index contributed by atoms with van der Waals surface area (Å²) >= 11 is 1.76. The first-order chi connectivity index (χ1) is 11.7. The lowest BCUT2D eigenvalue weighted by molar-refractivity contribution is -0.135. The van der Waals surface area contributed by atoms with E-state index < -0.39 is 0 Å². The van der Waals surface area contributed by atoms with Crippen molar-refractivity contribution in [3.8, 4) is 0 Å². The van der Waals surface area contributed by atoms with Gasteiger partial charge in [-0.15, -0.1) is 11.3 Å². The molecule has 0 N–H and O–H groups in total. The number of hydrogen-bond donors (Lipinski definition) is 0. The van der Waals surface area contributed by atoms with Gasteiger partial charge in [-0.05, 0) is 43.2 Å². The lowest BCUT2D eigenvalue weighted by atomic mass is 9.86. The van der Waals surface area contributed by atoms with E-state index in [0.29, 0.717) is 24.7 Å². The highest BCUT2D eigenvalue weighted by Crippen LogP contribution is 2.40. The van der Waals surface area contributed by atoms with Gasteiger partial charge in [-0.1, -0.05) is 5.16 Å². The average molecular weight is 347 g/mol. The number of rotatable bonds is 3. The number of aromatic nitrogens is 2. The molecule has 6 nitrogen and oxygen atoms in total. The summed E-state index contributed by atoms with van der Waals surface area (Å²) < 4.78 is 10.9. The normalized spacial score (nSPS) is 26.6. The van der Waals surface area contributed by atoms with Crippen molar-refractivity contribution in [2.75, 3.05) is 13.7 Å². The van der Waals surface area contributed by atoms with Crippen molar-refractivity contribution in [1.82, 2.24) is 15.0 Å². The van der Waals surface area contributed by atoms with E-state index >= 15 is 0 Å². The standard InChI is InChI=1S/C17H21N3O3S/c1-10-18-16(23-19-10)14-8-11(22-2)9-20(14)17(21)13-4-3-5-15-12(13)6-7-24-15/h6-7,11,13-14H,3-5,8-9H2,1-2H3/t11-,13?,14-/m1/s1. The number of ether oxygens (including phenoxy) is 1. The van der Waals surface area contributed by atoms with Crippen LogP contribution in [0.25, 0.3) is 0 Å². The van der Waals surface area contributed by atoms with Crippen molar-refractivity contribution in [3.05, 3.63) is 33.6 Å². The number of methoxy groups -OCH3 is 1. The smallest absolute Gasteiger partial charge is 0.249 e. The van der Waals surface area contributed by atoms with Crippen LogP contribution in [-0.4, -0.2) is 40.7 Å². The number of likely N-dealkylation sites (tertiary alicyclic amines) is 1. The molecule has 24 heavy (non-hydrogen) atoms. The molecule has 1 aliphatic carbocycles. The van der Waals surface area contributed by atoms with Crippen molar-refractivity contribution >= 4 is 17.2 Å². The van der Waals surface area contributed by atoms with Gasteiger partial charge in [0.1, 0.15) is 6.04 Å². The second-order valence-electron chi connectivity index (χ2n) is 6.52. The summed E-state index contributed by atoms with van der Waals surface area (Å²) in [6.45, 7) is 2.37. The number of hydrogen-bond acceptors (Lipinski definition) is 6. The first-order valence-electron chi connectivity index (χ1n) is 8.37. The number of aryl methyl sites for hydroxylation is 2. The van der Waals surface area contributed by atoms with Crippen molar-refractivity contribution in [2.24, 2.45) is 0 Å². The third-order valence-corrected chi connectivity index (χ3v) is 6.05. The largest absolute Gasteiger partial charge is 0.380 e. The van der Waals surface area contributed by atoms with E-state index in [0.717, 1.165) is 19.3 Å². The van der Waals surface area contributed by atoms with Crippen LogP contribution in [0.4, 0.5) is 0 Å². The molecule has 1 fully saturated rings. The second kappa shape index (κ2) is 6.29. The topological polar surface area (TPSA) is 68.5 Å². The van der Waals surface area contributed by atoms with Gasteiger partial charge < -0.3 is 14.2 Å². The molecule has 1 saturated heterocycles. The Hall–Kier alpha value is -1.73. The summed E-state index contributed by atoms with van der Waals surface area (Å²) in [5, 5.41) is 5.98. The molecule has 1 unspecified atom stereocenters. The fourth-order valence-corrected chi connectivity index (χ4v) is 4.82. The SMILES string of the molecule is CO[C@@H]1C[C@H](c2nc(C)no2)N(C(=O)C2CCCc3sccc32)C1. The van der Waals surface area contributed by atoms with Gasteiger partial charge in [0, 0.05) is 25.0 Å². The molecule has 3 heterocycles. The quantitative estimate of drug-likeness (QED) is 0.854. The predicted octanol–water partition coefficient (Wildman–Crippen LogP) is 2.85. The van der Waals surface area contributed by atoms with E-state index in [4.69, 9.17) is 9.26 Å². The molecule has 1 amide bonds. The zero-order valence-corrected chi connectivity index (χ0v) is 14.7. The summed E-state index contributed by atoms with van der Waals surface area (Å²) in [6.07, 6.45) is 3.77. The Labute approximate surface area is 144 Å². The Morgan fingerprint density at radius 3 is 3.12 bits per heavy atom. The van der Waals surface area contributed by atoms with Gasteiger partial charge in [0.05, 0.1) is 12.0 Å². The Balaban J connectivity index is 1.63. The maximum atomic E-state index is 13.3. The summed E-state index contributed by atoms with van der Waals surface area (Å²) in [6, 6.07) is 1.92. The molecule has 2 aliphatic rings. The highest BCUT2D eigenvalue weighted by molar-refractivity contribution is 7.10. The maximum Gasteiger partial charge on any atom is 0.249 e. The minimum atomic E-state index is -0.187. The fraction of sp³-hybridized carbons (Fsp3) is 0.588. The molecule has 1 aliphatic heterocycles. The highest BCUT2D eigenvalue weighted by atomic mass is 32.1. The molecule has 7 heteroatoms. The van der Waals surface area contributed by atoms with Gasteiger partial charge in [0.15, 0.2) is 5.82 Å². The Kier molecular flexibility index (Phi) is 4.14. The summed E-state index contributed by atoms with van der Waals surface area (Å²) in [4.78, 5) is 20.9. The van der Waals surface area contributed by atoms with E-state index in [9.17, 15) is 4.79 Å². The monoisotopic (exact) mass is 347 g/mol. The van der Waals surface area contributed by atoms with Gasteiger partial charge >= 0.3 is 0 Å². The average Bonchev–Trinajstić information content (AvgIpc) is 3.31. The van der Waals surface area contributed by atoms with Crippen LogP contribution in [-0.2, 0) is 16.0 Å². The zero-order chi connectivity index (χ0) is 16.7. The molecule has 0 aromatic carbocycles. The Morgan fingerprint density at radius 2 is 2.38 bits per heavy atom. The Bertz CT molecular complexity index is 741. The lowest BCUT2D eigenvalue weighted by Gasteiger charge is -2.29. The van der Waals surface area contributed by atoms with Crippen LogP contribution >= 0.6 is 11.3 Å². The van der Waals surface area contributed by atoms with E-state index in [2.05, 4.69) is 21.6 Å². The van der Waals surface area contributed by atoms with Crippen molar-refractivity contribution in [2.45, 2.75) is 50.7 Å². The second-order valence-corrected chi connectivity index (χ2v) is 7.52. The van der Waals surface area contributed by atoms with Crippen LogP contribution in [0.2, 0.25) is 0 Å². The molecule has 0 spiro atoms. The number of thiophene rings is 1. The van der Waals surface area contributed by atoms with Crippen molar-refractivity contribution in [3.63, 3.8) is 0 Å². The van der Waals surface area contributed by atoms with Gasteiger partial charge in [0.2, 0.25) is 11.8 Å². The van der Waals surface area contributed by atoms with E-state index in [1.807, 2.05) is 4.90 Å². The Morgan fingerprint density at radius 1 is 1.50 bits per heavy atom. The number of nitrogens with zero attached hydrogens (tertiary/aromatic N) is 3. The number of amides is 1.